The fourth-order valence-electron chi connectivity index (χ4n) is 6.00. The minimum absolute atomic E-state index is 0.00967. The number of carbonyl (C=O) groups excluding carboxylic acids is 1. The molecule has 6 rings (SSSR count). The fourth-order valence-corrected chi connectivity index (χ4v) is 7.15. The maximum Gasteiger partial charge on any atom is 0.261 e. The normalized spacial score (nSPS) is 17.8. The molecule has 0 spiro atoms. The van der Waals surface area contributed by atoms with Crippen molar-refractivity contribution in [3.63, 3.8) is 0 Å². The summed E-state index contributed by atoms with van der Waals surface area (Å²) in [7, 11) is -4.10. The molecule has 42 heavy (non-hydrogen) atoms. The molecule has 216 valence electrons. The van der Waals surface area contributed by atoms with Crippen LogP contribution in [-0.2, 0) is 23.1 Å². The van der Waals surface area contributed by atoms with Gasteiger partial charge in [0.15, 0.2) is 0 Å². The molecular weight excluding hydrogens is 555 g/mol. The molecule has 10 heteroatoms. The summed E-state index contributed by atoms with van der Waals surface area (Å²) >= 11 is 0. The number of fused-ring (bicyclic) bond motifs is 4. The van der Waals surface area contributed by atoms with Crippen molar-refractivity contribution in [2.24, 2.45) is 5.92 Å². The van der Waals surface area contributed by atoms with Crippen LogP contribution in [0.3, 0.4) is 0 Å². The third kappa shape index (κ3) is 5.54. The molecule has 0 saturated carbocycles. The lowest BCUT2D eigenvalue weighted by Crippen LogP contribution is -2.47. The molecule has 8 nitrogen and oxygen atoms in total. The van der Waals surface area contributed by atoms with E-state index in [0.29, 0.717) is 37.4 Å². The van der Waals surface area contributed by atoms with Crippen molar-refractivity contribution in [1.29, 1.82) is 0 Å². The number of halogens is 1. The number of carbonyl (C=O) groups is 1. The van der Waals surface area contributed by atoms with Crippen molar-refractivity contribution in [2.75, 3.05) is 22.7 Å². The van der Waals surface area contributed by atoms with Crippen molar-refractivity contribution in [1.82, 2.24) is 9.88 Å². The van der Waals surface area contributed by atoms with E-state index < -0.39 is 15.8 Å². The molecule has 2 bridgehead atoms. The van der Waals surface area contributed by atoms with E-state index in [2.05, 4.69) is 14.9 Å². The van der Waals surface area contributed by atoms with Gasteiger partial charge in [0.05, 0.1) is 16.3 Å². The summed E-state index contributed by atoms with van der Waals surface area (Å²) in [5.41, 5.74) is 3.32. The zero-order valence-electron chi connectivity index (χ0n) is 23.1. The Labute approximate surface area is 243 Å². The molecule has 2 aliphatic rings. The first kappa shape index (κ1) is 27.7. The molecule has 1 fully saturated rings. The molecule has 1 amide bonds. The average Bonchev–Trinajstić information content (AvgIpc) is 2.98. The van der Waals surface area contributed by atoms with Gasteiger partial charge in [-0.05, 0) is 72.9 Å². The quantitative estimate of drug-likeness (QED) is 0.329. The van der Waals surface area contributed by atoms with Crippen LogP contribution in [0.15, 0.2) is 94.6 Å². The number of anilines is 2. The highest BCUT2D eigenvalue weighted by Gasteiger charge is 2.35. The standard InChI is InChI=1S/C32H31FN4O4S/c1-21-14-26(11-12-27(21)33)42(40,41)35-28-16-24(32(39)34-17-22-6-3-2-4-7-22)10-13-30(28)36-18-23-15-25(20-36)29-8-5-9-31(38)37(29)19-23/h2-14,16,23,25,35H,15,17-20H2,1H3,(H,34,39)/t23-,25+/m1/s1. The van der Waals surface area contributed by atoms with E-state index in [-0.39, 0.29) is 39.4 Å². The minimum atomic E-state index is -4.10. The Bertz CT molecular complexity index is 1820. The zero-order valence-corrected chi connectivity index (χ0v) is 23.9. The number of amides is 1. The second-order valence-corrected chi connectivity index (χ2v) is 12.7. The lowest BCUT2D eigenvalue weighted by molar-refractivity contribution is 0.0951. The predicted octanol–water partition coefficient (Wildman–Crippen LogP) is 4.65. The fraction of sp³-hybridized carbons (Fsp3) is 0.250. The van der Waals surface area contributed by atoms with E-state index in [1.54, 1.807) is 30.3 Å². The number of sulfonamides is 1. The van der Waals surface area contributed by atoms with Crippen LogP contribution in [0, 0.1) is 18.7 Å². The first-order chi connectivity index (χ1) is 20.2. The summed E-state index contributed by atoms with van der Waals surface area (Å²) in [5.74, 6) is -0.530. The Balaban J connectivity index is 1.34. The molecule has 4 aromatic rings. The maximum atomic E-state index is 13.9. The van der Waals surface area contributed by atoms with Crippen LogP contribution in [0.2, 0.25) is 0 Å². The van der Waals surface area contributed by atoms with Crippen LogP contribution in [-0.4, -0.2) is 32.0 Å². The van der Waals surface area contributed by atoms with Gasteiger partial charge in [-0.15, -0.1) is 0 Å². The van der Waals surface area contributed by atoms with Gasteiger partial charge in [-0.1, -0.05) is 36.4 Å². The smallest absolute Gasteiger partial charge is 0.261 e. The number of rotatable bonds is 7. The van der Waals surface area contributed by atoms with E-state index in [1.165, 1.54) is 19.1 Å². The lowest BCUT2D eigenvalue weighted by Gasteiger charge is -2.44. The number of nitrogens with zero attached hydrogens (tertiary/aromatic N) is 2. The Hall–Kier alpha value is -4.44. The molecule has 3 aromatic carbocycles. The largest absolute Gasteiger partial charge is 0.369 e. The van der Waals surface area contributed by atoms with Gasteiger partial charge in [-0.3, -0.25) is 14.3 Å². The number of piperidine rings is 1. The summed E-state index contributed by atoms with van der Waals surface area (Å²) in [4.78, 5) is 27.7. The number of nitrogens with one attached hydrogen (secondary N) is 2. The highest BCUT2D eigenvalue weighted by Crippen LogP contribution is 2.40. The van der Waals surface area contributed by atoms with Crippen molar-refractivity contribution in [3.05, 3.63) is 123 Å². The van der Waals surface area contributed by atoms with Crippen molar-refractivity contribution < 1.29 is 17.6 Å². The van der Waals surface area contributed by atoms with Crippen molar-refractivity contribution >= 4 is 27.3 Å². The summed E-state index contributed by atoms with van der Waals surface area (Å²) in [6.45, 7) is 3.64. The van der Waals surface area contributed by atoms with Gasteiger partial charge < -0.3 is 14.8 Å². The molecule has 1 aromatic heterocycles. The van der Waals surface area contributed by atoms with Gasteiger partial charge in [0.1, 0.15) is 5.82 Å². The number of hydrogen-bond donors (Lipinski definition) is 2. The first-order valence-corrected chi connectivity index (χ1v) is 15.4. The Morgan fingerprint density at radius 1 is 0.952 bits per heavy atom. The monoisotopic (exact) mass is 586 g/mol. The van der Waals surface area contributed by atoms with Crippen LogP contribution in [0.5, 0.6) is 0 Å². The van der Waals surface area contributed by atoms with Crippen LogP contribution >= 0.6 is 0 Å². The van der Waals surface area contributed by atoms with E-state index in [1.807, 2.05) is 41.0 Å². The number of pyridine rings is 1. The van der Waals surface area contributed by atoms with E-state index in [9.17, 15) is 22.4 Å². The van der Waals surface area contributed by atoms with Gasteiger partial charge in [0.2, 0.25) is 0 Å². The average molecular weight is 587 g/mol. The Morgan fingerprint density at radius 3 is 2.55 bits per heavy atom. The zero-order chi connectivity index (χ0) is 29.4. The van der Waals surface area contributed by atoms with E-state index in [4.69, 9.17) is 0 Å². The Morgan fingerprint density at radius 2 is 1.76 bits per heavy atom. The second kappa shape index (κ2) is 11.1. The summed E-state index contributed by atoms with van der Waals surface area (Å²) in [6, 6.07) is 23.5. The second-order valence-electron chi connectivity index (χ2n) is 11.0. The lowest BCUT2D eigenvalue weighted by atomic mass is 9.83. The predicted molar refractivity (Wildman–Crippen MR) is 160 cm³/mol. The summed E-state index contributed by atoms with van der Waals surface area (Å²) < 4.78 is 45.4. The molecule has 0 unspecified atom stereocenters. The molecule has 3 heterocycles. The molecular formula is C32H31FN4O4S. The van der Waals surface area contributed by atoms with E-state index >= 15 is 0 Å². The van der Waals surface area contributed by atoms with Crippen molar-refractivity contribution in [3.8, 4) is 0 Å². The van der Waals surface area contributed by atoms with Crippen LogP contribution in [0.4, 0.5) is 15.8 Å². The van der Waals surface area contributed by atoms with Gasteiger partial charge in [0.25, 0.3) is 21.5 Å². The number of hydrogen-bond acceptors (Lipinski definition) is 5. The Kier molecular flexibility index (Phi) is 7.32. The third-order valence-corrected chi connectivity index (χ3v) is 9.42. The summed E-state index contributed by atoms with van der Waals surface area (Å²) in [5, 5.41) is 2.89. The van der Waals surface area contributed by atoms with Crippen LogP contribution in [0.1, 0.15) is 39.5 Å². The number of aromatic nitrogens is 1. The van der Waals surface area contributed by atoms with Gasteiger partial charge in [-0.25, -0.2) is 12.8 Å². The maximum absolute atomic E-state index is 13.9. The van der Waals surface area contributed by atoms with Crippen LogP contribution < -0.4 is 20.5 Å². The van der Waals surface area contributed by atoms with Gasteiger partial charge in [0, 0.05) is 49.4 Å². The summed E-state index contributed by atoms with van der Waals surface area (Å²) in [6.07, 6.45) is 0.940. The molecule has 2 atom stereocenters. The topological polar surface area (TPSA) is 101 Å². The van der Waals surface area contributed by atoms with Gasteiger partial charge >= 0.3 is 0 Å². The van der Waals surface area contributed by atoms with E-state index in [0.717, 1.165) is 23.7 Å². The minimum Gasteiger partial charge on any atom is -0.369 e. The highest BCUT2D eigenvalue weighted by atomic mass is 32.2. The molecule has 0 radical (unpaired) electrons. The number of benzene rings is 3. The molecule has 1 saturated heterocycles. The van der Waals surface area contributed by atoms with Crippen molar-refractivity contribution in [2.45, 2.75) is 37.2 Å². The van der Waals surface area contributed by atoms with Crippen LogP contribution in [0.25, 0.3) is 0 Å². The molecule has 0 aliphatic carbocycles. The third-order valence-electron chi connectivity index (χ3n) is 8.06. The first-order valence-electron chi connectivity index (χ1n) is 13.9. The SMILES string of the molecule is Cc1cc(S(=O)(=O)Nc2cc(C(=O)NCc3ccccc3)ccc2N2C[C@H]3C[C@@H](C2)c2cccc(=O)n2C3)ccc1F. The molecule has 2 N–H and O–H groups in total. The van der Waals surface area contributed by atoms with Gasteiger partial charge in [-0.2, -0.15) is 0 Å². The highest BCUT2D eigenvalue weighted by molar-refractivity contribution is 7.92. The number of aryl methyl sites for hydroxylation is 1. The molecule has 2 aliphatic heterocycles.